The van der Waals surface area contributed by atoms with Gasteiger partial charge in [0.2, 0.25) is 0 Å². The van der Waals surface area contributed by atoms with E-state index in [1.165, 1.54) is 95.5 Å². The van der Waals surface area contributed by atoms with Crippen molar-refractivity contribution in [2.24, 2.45) is 92.7 Å². The van der Waals surface area contributed by atoms with Gasteiger partial charge in [-0.05, 0) is 189 Å². The van der Waals surface area contributed by atoms with Gasteiger partial charge in [-0.25, -0.2) is 0 Å². The van der Waals surface area contributed by atoms with E-state index in [4.69, 9.17) is 0 Å². The number of allylic oxidation sites excluding steroid dienone is 6. The maximum Gasteiger partial charge on any atom is 0.0578 e. The Morgan fingerprint density at radius 2 is 1.30 bits per heavy atom. The summed E-state index contributed by atoms with van der Waals surface area (Å²) in [6.45, 7) is 27.2. The molecule has 2 N–H and O–H groups in total. The van der Waals surface area contributed by atoms with Crippen molar-refractivity contribution in [1.29, 1.82) is 0 Å². The summed E-state index contributed by atoms with van der Waals surface area (Å²) >= 11 is 0. The summed E-state index contributed by atoms with van der Waals surface area (Å²) in [6, 6.07) is 0. The first-order valence-electron chi connectivity index (χ1n) is 25.1. The SMILES string of the molecule is CC(C)CCCC(C)[C@H]1CCC2C3CC=C4C[C@@H](O)CC[C@]4(C)C3CC[C@@]21C.CC(C)[C@@H](C)/C=C/[C@@H](C)[C@H]1CCC2C3=CC=C4C[C@@H](O)CC[C@]4(C)C3CC[C@@]21C. The molecule has 0 saturated heterocycles. The molecule has 6 fully saturated rings. The lowest BCUT2D eigenvalue weighted by Crippen LogP contribution is -2.50. The average molecular weight is 783 g/mol. The Kier molecular flexibility index (Phi) is 13.1. The van der Waals surface area contributed by atoms with E-state index in [2.05, 4.69) is 107 Å². The van der Waals surface area contributed by atoms with Gasteiger partial charge in [0, 0.05) is 0 Å². The lowest BCUT2D eigenvalue weighted by atomic mass is 9.47. The summed E-state index contributed by atoms with van der Waals surface area (Å²) in [5, 5.41) is 20.4. The van der Waals surface area contributed by atoms with Crippen LogP contribution in [0.1, 0.15) is 192 Å². The van der Waals surface area contributed by atoms with Crippen molar-refractivity contribution in [2.45, 2.75) is 204 Å². The van der Waals surface area contributed by atoms with Gasteiger partial charge in [-0.3, -0.25) is 0 Å². The lowest BCUT2D eigenvalue weighted by molar-refractivity contribution is -0.0573. The molecule has 0 aromatic heterocycles. The Morgan fingerprint density at radius 3 is 2.00 bits per heavy atom. The number of rotatable bonds is 9. The molecule has 2 nitrogen and oxygen atoms in total. The van der Waals surface area contributed by atoms with Gasteiger partial charge in [-0.2, -0.15) is 0 Å². The van der Waals surface area contributed by atoms with Crippen molar-refractivity contribution < 1.29 is 10.2 Å². The van der Waals surface area contributed by atoms with Gasteiger partial charge in [-0.15, -0.1) is 0 Å². The second-order valence-corrected chi connectivity index (χ2v) is 24.0. The molecule has 322 valence electrons. The van der Waals surface area contributed by atoms with E-state index in [1.54, 1.807) is 11.1 Å². The third kappa shape index (κ3) is 8.07. The minimum absolute atomic E-state index is 0.0766. The Morgan fingerprint density at radius 1 is 0.632 bits per heavy atom. The predicted octanol–water partition coefficient (Wildman–Crippen LogP) is 14.7. The number of hydrogen-bond donors (Lipinski definition) is 2. The molecule has 0 bridgehead atoms. The fourth-order valence-electron chi connectivity index (χ4n) is 16.3. The van der Waals surface area contributed by atoms with Gasteiger partial charge in [-0.1, -0.05) is 143 Å². The summed E-state index contributed by atoms with van der Waals surface area (Å²) in [4.78, 5) is 0. The van der Waals surface area contributed by atoms with Crippen LogP contribution in [0.4, 0.5) is 0 Å². The third-order valence-electron chi connectivity index (χ3n) is 20.3. The van der Waals surface area contributed by atoms with E-state index in [0.717, 1.165) is 84.9 Å². The second-order valence-electron chi connectivity index (χ2n) is 24.0. The van der Waals surface area contributed by atoms with Crippen LogP contribution in [0.25, 0.3) is 0 Å². The van der Waals surface area contributed by atoms with Crippen molar-refractivity contribution in [3.63, 3.8) is 0 Å². The van der Waals surface area contributed by atoms with Crippen molar-refractivity contribution >= 4 is 0 Å². The molecule has 0 heterocycles. The van der Waals surface area contributed by atoms with Crippen LogP contribution in [0.2, 0.25) is 0 Å². The van der Waals surface area contributed by atoms with Crippen molar-refractivity contribution in [3.8, 4) is 0 Å². The van der Waals surface area contributed by atoms with Crippen LogP contribution < -0.4 is 0 Å². The topological polar surface area (TPSA) is 40.5 Å². The number of fused-ring (bicyclic) bond motifs is 10. The zero-order chi connectivity index (χ0) is 41.1. The molecule has 8 aliphatic rings. The molecule has 57 heavy (non-hydrogen) atoms. The van der Waals surface area contributed by atoms with Crippen LogP contribution >= 0.6 is 0 Å². The summed E-state index contributed by atoms with van der Waals surface area (Å²) in [5.41, 5.74) is 6.67. The first-order valence-corrected chi connectivity index (χ1v) is 25.1. The first kappa shape index (κ1) is 44.0. The van der Waals surface area contributed by atoms with E-state index in [-0.39, 0.29) is 12.2 Å². The Hall–Kier alpha value is -1.12. The predicted molar refractivity (Wildman–Crippen MR) is 243 cm³/mol. The molecule has 0 aliphatic heterocycles. The highest BCUT2D eigenvalue weighted by atomic mass is 16.3. The van der Waals surface area contributed by atoms with E-state index in [0.29, 0.717) is 33.5 Å². The summed E-state index contributed by atoms with van der Waals surface area (Å²) < 4.78 is 0. The van der Waals surface area contributed by atoms with Crippen LogP contribution in [0, 0.1) is 92.7 Å². The number of hydrogen-bond acceptors (Lipinski definition) is 2. The van der Waals surface area contributed by atoms with Crippen molar-refractivity contribution in [1.82, 2.24) is 0 Å². The van der Waals surface area contributed by atoms with Crippen LogP contribution in [-0.4, -0.2) is 22.4 Å². The fourth-order valence-corrected chi connectivity index (χ4v) is 16.3. The first-order chi connectivity index (χ1) is 26.9. The zero-order valence-corrected chi connectivity index (χ0v) is 39.1. The molecule has 6 unspecified atom stereocenters. The standard InChI is InChI=1S/C28H44O.C27H46O/c1-18(2)19(3)7-8-20(4)24-11-12-25-23-10-9-21-17-22(29)13-15-27(21,5)26(23)14-16-28(24,25)6;1-18(2)7-6-8-19(3)23-11-12-24-22-10-9-20-17-21(28)13-15-26(20,4)25(22)14-16-27(23,24)5/h7-10,18-20,22,24-26,29H,11-17H2,1-6H3;9,18-19,21-25,28H,6-8,10-17H2,1-5H3/b8-7+;/t19-,20+,22-,24+,25?,26?,27-,28+;19?,21-,22?,23+,24?,25?,26-,27+/m00/s1. The zero-order valence-electron chi connectivity index (χ0n) is 39.1. The summed E-state index contributed by atoms with van der Waals surface area (Å²) in [5.74, 6) is 9.84. The van der Waals surface area contributed by atoms with E-state index in [1.807, 2.05) is 0 Å². The Labute approximate surface area is 352 Å². The molecule has 0 aromatic rings. The van der Waals surface area contributed by atoms with E-state index < -0.39 is 0 Å². The molecule has 0 amide bonds. The highest BCUT2D eigenvalue weighted by Crippen LogP contribution is 2.68. The van der Waals surface area contributed by atoms with E-state index >= 15 is 0 Å². The van der Waals surface area contributed by atoms with Gasteiger partial charge >= 0.3 is 0 Å². The number of aliphatic hydroxyl groups excluding tert-OH is 2. The smallest absolute Gasteiger partial charge is 0.0578 e. The summed E-state index contributed by atoms with van der Waals surface area (Å²) in [7, 11) is 0. The minimum atomic E-state index is -0.116. The second kappa shape index (κ2) is 17.0. The lowest BCUT2D eigenvalue weighted by Gasteiger charge is -2.58. The molecule has 0 radical (unpaired) electrons. The van der Waals surface area contributed by atoms with Crippen molar-refractivity contribution in [3.05, 3.63) is 47.1 Å². The van der Waals surface area contributed by atoms with Crippen LogP contribution in [0.15, 0.2) is 47.1 Å². The maximum absolute atomic E-state index is 10.2. The molecule has 6 saturated carbocycles. The minimum Gasteiger partial charge on any atom is -0.393 e. The molecular formula is C55H90O2. The monoisotopic (exact) mass is 783 g/mol. The van der Waals surface area contributed by atoms with Gasteiger partial charge in [0.15, 0.2) is 0 Å². The quantitative estimate of drug-likeness (QED) is 0.229. The molecular weight excluding hydrogens is 693 g/mol. The summed E-state index contributed by atoms with van der Waals surface area (Å²) in [6.07, 6.45) is 35.5. The van der Waals surface area contributed by atoms with Gasteiger partial charge in [0.05, 0.1) is 12.2 Å². The molecule has 0 aromatic carbocycles. The normalized spacial score (nSPS) is 45.2. The van der Waals surface area contributed by atoms with Crippen LogP contribution in [0.5, 0.6) is 0 Å². The highest BCUT2D eigenvalue weighted by molar-refractivity contribution is 5.39. The molecule has 0 spiro atoms. The fraction of sp³-hybridized carbons (Fsp3) is 0.855. The highest BCUT2D eigenvalue weighted by Gasteiger charge is 2.60. The average Bonchev–Trinajstić information content (AvgIpc) is 3.71. The Bertz CT molecular complexity index is 1530. The van der Waals surface area contributed by atoms with Gasteiger partial charge in [0.1, 0.15) is 0 Å². The van der Waals surface area contributed by atoms with Gasteiger partial charge < -0.3 is 10.2 Å². The van der Waals surface area contributed by atoms with Crippen LogP contribution in [-0.2, 0) is 0 Å². The third-order valence-corrected chi connectivity index (χ3v) is 20.3. The molecule has 8 aliphatic carbocycles. The molecule has 2 heteroatoms. The maximum atomic E-state index is 10.2. The van der Waals surface area contributed by atoms with Crippen molar-refractivity contribution in [2.75, 3.05) is 0 Å². The van der Waals surface area contributed by atoms with Crippen LogP contribution in [0.3, 0.4) is 0 Å². The van der Waals surface area contributed by atoms with Gasteiger partial charge in [0.25, 0.3) is 0 Å². The largest absolute Gasteiger partial charge is 0.393 e. The van der Waals surface area contributed by atoms with E-state index in [9.17, 15) is 10.2 Å². The Balaban J connectivity index is 0.000000174. The molecule has 16 atom stereocenters. The molecule has 8 rings (SSSR count). The number of aliphatic hydroxyl groups is 2.